The van der Waals surface area contributed by atoms with Crippen LogP contribution in [0.1, 0.15) is 40.5 Å². The molecular formula is C12H24N2O2. The summed E-state index contributed by atoms with van der Waals surface area (Å²) in [6, 6.07) is 0.250. The summed E-state index contributed by atoms with van der Waals surface area (Å²) in [5.74, 6) is 0.343. The van der Waals surface area contributed by atoms with Gasteiger partial charge in [-0.3, -0.25) is 0 Å². The molecule has 0 bridgehead atoms. The van der Waals surface area contributed by atoms with Gasteiger partial charge in [-0.25, -0.2) is 4.79 Å². The van der Waals surface area contributed by atoms with E-state index in [4.69, 9.17) is 10.5 Å². The lowest BCUT2D eigenvalue weighted by molar-refractivity contribution is 0.0187. The van der Waals surface area contributed by atoms with Gasteiger partial charge in [0.25, 0.3) is 0 Å². The van der Waals surface area contributed by atoms with Crippen LogP contribution in [0.4, 0.5) is 4.79 Å². The molecule has 1 rings (SSSR count). The first-order valence-corrected chi connectivity index (χ1v) is 6.05. The minimum Gasteiger partial charge on any atom is -0.444 e. The molecule has 0 aromatic carbocycles. The number of carbonyl (C=O) groups excluding carboxylic acids is 1. The number of carbonyl (C=O) groups is 1. The minimum atomic E-state index is -0.420. The predicted molar refractivity (Wildman–Crippen MR) is 64.2 cm³/mol. The highest BCUT2D eigenvalue weighted by Crippen LogP contribution is 2.25. The Bertz CT molecular complexity index is 248. The molecule has 16 heavy (non-hydrogen) atoms. The average Bonchev–Trinajstić information content (AvgIpc) is 2.62. The molecule has 1 aliphatic heterocycles. The number of hydrogen-bond acceptors (Lipinski definition) is 3. The number of ether oxygens (including phenoxy) is 1. The van der Waals surface area contributed by atoms with Crippen LogP contribution in [0.5, 0.6) is 0 Å². The lowest BCUT2D eigenvalue weighted by Crippen LogP contribution is -2.44. The van der Waals surface area contributed by atoms with Crippen molar-refractivity contribution in [2.45, 2.75) is 52.2 Å². The molecule has 0 radical (unpaired) electrons. The number of amides is 1. The third-order valence-electron chi connectivity index (χ3n) is 2.96. The molecule has 2 unspecified atom stereocenters. The molecule has 1 heterocycles. The molecule has 2 atom stereocenters. The predicted octanol–water partition coefficient (Wildman–Crippen LogP) is 1.98. The summed E-state index contributed by atoms with van der Waals surface area (Å²) in [5.41, 5.74) is 5.24. The van der Waals surface area contributed by atoms with Gasteiger partial charge in [0.15, 0.2) is 0 Å². The van der Waals surface area contributed by atoms with Crippen LogP contribution in [-0.2, 0) is 4.74 Å². The van der Waals surface area contributed by atoms with Gasteiger partial charge < -0.3 is 15.4 Å². The van der Waals surface area contributed by atoms with Gasteiger partial charge in [-0.1, -0.05) is 6.92 Å². The topological polar surface area (TPSA) is 55.6 Å². The summed E-state index contributed by atoms with van der Waals surface area (Å²) < 4.78 is 5.39. The van der Waals surface area contributed by atoms with Crippen LogP contribution in [0.2, 0.25) is 0 Å². The molecule has 94 valence electrons. The number of nitrogens with zero attached hydrogens (tertiary/aromatic N) is 1. The van der Waals surface area contributed by atoms with Crippen LogP contribution >= 0.6 is 0 Å². The van der Waals surface area contributed by atoms with Gasteiger partial charge in [0.2, 0.25) is 0 Å². The zero-order valence-corrected chi connectivity index (χ0v) is 10.8. The third kappa shape index (κ3) is 3.37. The van der Waals surface area contributed by atoms with Gasteiger partial charge in [-0.15, -0.1) is 0 Å². The third-order valence-corrected chi connectivity index (χ3v) is 2.96. The van der Waals surface area contributed by atoms with Crippen molar-refractivity contribution in [2.24, 2.45) is 11.7 Å². The first-order valence-electron chi connectivity index (χ1n) is 6.05. The molecule has 1 amide bonds. The maximum atomic E-state index is 12.0. The highest BCUT2D eigenvalue weighted by Gasteiger charge is 2.34. The van der Waals surface area contributed by atoms with Crippen molar-refractivity contribution in [1.82, 2.24) is 4.90 Å². The van der Waals surface area contributed by atoms with Gasteiger partial charge in [-0.2, -0.15) is 0 Å². The van der Waals surface area contributed by atoms with Gasteiger partial charge in [0.1, 0.15) is 5.60 Å². The first kappa shape index (κ1) is 13.3. The van der Waals surface area contributed by atoms with Crippen LogP contribution in [0, 0.1) is 5.92 Å². The van der Waals surface area contributed by atoms with Crippen molar-refractivity contribution in [3.63, 3.8) is 0 Å². The number of hydrogen-bond donors (Lipinski definition) is 1. The normalized spacial score (nSPS) is 23.3. The van der Waals surface area contributed by atoms with Crippen LogP contribution in [0.3, 0.4) is 0 Å². The molecule has 2 N–H and O–H groups in total. The maximum Gasteiger partial charge on any atom is 0.410 e. The Morgan fingerprint density at radius 3 is 2.69 bits per heavy atom. The Hall–Kier alpha value is -0.770. The molecule has 1 saturated heterocycles. The highest BCUT2D eigenvalue weighted by molar-refractivity contribution is 5.69. The van der Waals surface area contributed by atoms with E-state index in [1.165, 1.54) is 0 Å². The van der Waals surface area contributed by atoms with Gasteiger partial charge in [0, 0.05) is 12.6 Å². The fourth-order valence-corrected chi connectivity index (χ4v) is 2.09. The Kier molecular flexibility index (Phi) is 4.19. The fraction of sp³-hybridized carbons (Fsp3) is 0.917. The first-order chi connectivity index (χ1) is 7.35. The van der Waals surface area contributed by atoms with E-state index < -0.39 is 5.60 Å². The molecule has 0 aromatic heterocycles. The van der Waals surface area contributed by atoms with Gasteiger partial charge in [0.05, 0.1) is 0 Å². The molecule has 4 nitrogen and oxygen atoms in total. The molecule has 0 spiro atoms. The van der Waals surface area contributed by atoms with Crippen LogP contribution < -0.4 is 5.73 Å². The monoisotopic (exact) mass is 228 g/mol. The Morgan fingerprint density at radius 1 is 1.56 bits per heavy atom. The number of likely N-dealkylation sites (tertiary alicyclic amines) is 1. The molecule has 1 aliphatic rings. The van der Waals surface area contributed by atoms with Crippen molar-refractivity contribution < 1.29 is 9.53 Å². The quantitative estimate of drug-likeness (QED) is 0.786. The maximum absolute atomic E-state index is 12.0. The standard InChI is InChI=1S/C12H24N2O2/c1-9(8-13)10-6-5-7-14(10)11(15)16-12(2,3)4/h9-10H,5-8,13H2,1-4H3. The summed E-state index contributed by atoms with van der Waals surface area (Å²) in [4.78, 5) is 13.8. The molecule has 0 aliphatic carbocycles. The van der Waals surface area contributed by atoms with Crippen LogP contribution in [0.15, 0.2) is 0 Å². The number of nitrogens with two attached hydrogens (primary N) is 1. The summed E-state index contributed by atoms with van der Waals surface area (Å²) >= 11 is 0. The fourth-order valence-electron chi connectivity index (χ4n) is 2.09. The van der Waals surface area contributed by atoms with Crippen molar-refractivity contribution in [3.05, 3.63) is 0 Å². The lowest BCUT2D eigenvalue weighted by Gasteiger charge is -2.31. The summed E-state index contributed by atoms with van der Waals surface area (Å²) in [6.07, 6.45) is 1.89. The molecule has 0 aromatic rings. The largest absolute Gasteiger partial charge is 0.444 e. The van der Waals surface area contributed by atoms with Gasteiger partial charge >= 0.3 is 6.09 Å². The van der Waals surface area contributed by atoms with Gasteiger partial charge in [-0.05, 0) is 46.1 Å². The zero-order chi connectivity index (χ0) is 12.3. The van der Waals surface area contributed by atoms with Crippen LogP contribution in [0.25, 0.3) is 0 Å². The second kappa shape index (κ2) is 5.04. The Morgan fingerprint density at radius 2 is 2.19 bits per heavy atom. The Labute approximate surface area is 98.1 Å². The Balaban J connectivity index is 2.61. The lowest BCUT2D eigenvalue weighted by atomic mass is 10.0. The van der Waals surface area contributed by atoms with E-state index in [0.29, 0.717) is 12.5 Å². The van der Waals surface area contributed by atoms with Crippen molar-refractivity contribution >= 4 is 6.09 Å². The van der Waals surface area contributed by atoms with Crippen molar-refractivity contribution in [3.8, 4) is 0 Å². The van der Waals surface area contributed by atoms with E-state index in [1.54, 1.807) is 0 Å². The molecule has 4 heteroatoms. The van der Waals surface area contributed by atoms with E-state index in [-0.39, 0.29) is 12.1 Å². The van der Waals surface area contributed by atoms with E-state index in [9.17, 15) is 4.79 Å². The van der Waals surface area contributed by atoms with Crippen molar-refractivity contribution in [1.29, 1.82) is 0 Å². The van der Waals surface area contributed by atoms with Crippen LogP contribution in [-0.4, -0.2) is 35.7 Å². The second-order valence-corrected chi connectivity index (χ2v) is 5.60. The van der Waals surface area contributed by atoms with E-state index in [2.05, 4.69) is 6.92 Å². The second-order valence-electron chi connectivity index (χ2n) is 5.60. The molecule has 1 fully saturated rings. The summed E-state index contributed by atoms with van der Waals surface area (Å²) in [7, 11) is 0. The highest BCUT2D eigenvalue weighted by atomic mass is 16.6. The summed E-state index contributed by atoms with van der Waals surface area (Å²) in [6.45, 7) is 9.17. The SMILES string of the molecule is CC(CN)C1CCCN1C(=O)OC(C)(C)C. The number of rotatable bonds is 2. The van der Waals surface area contributed by atoms with Crippen molar-refractivity contribution in [2.75, 3.05) is 13.1 Å². The summed E-state index contributed by atoms with van der Waals surface area (Å²) in [5, 5.41) is 0. The van der Waals surface area contributed by atoms with E-state index in [0.717, 1.165) is 19.4 Å². The average molecular weight is 228 g/mol. The molecular weight excluding hydrogens is 204 g/mol. The van der Waals surface area contributed by atoms with E-state index in [1.807, 2.05) is 25.7 Å². The van der Waals surface area contributed by atoms with E-state index >= 15 is 0 Å². The minimum absolute atomic E-state index is 0.199. The smallest absolute Gasteiger partial charge is 0.410 e. The zero-order valence-electron chi connectivity index (χ0n) is 10.8. The molecule has 0 saturated carbocycles.